The molecule has 0 unspecified atom stereocenters. The molecule has 1 aliphatic carbocycles. The molecular formula is C15H25NO5. The molecule has 120 valence electrons. The van der Waals surface area contributed by atoms with Crippen LogP contribution in [0.4, 0.5) is 0 Å². The summed E-state index contributed by atoms with van der Waals surface area (Å²) in [5.74, 6) is -1.15. The third-order valence-corrected chi connectivity index (χ3v) is 4.20. The van der Waals surface area contributed by atoms with Gasteiger partial charge in [-0.2, -0.15) is 0 Å². The molecule has 21 heavy (non-hydrogen) atoms. The van der Waals surface area contributed by atoms with E-state index in [1.54, 1.807) is 11.8 Å². The number of hydrogen-bond donors (Lipinski definition) is 1. The van der Waals surface area contributed by atoms with Crippen LogP contribution >= 0.6 is 0 Å². The van der Waals surface area contributed by atoms with E-state index < -0.39 is 18.2 Å². The lowest BCUT2D eigenvalue weighted by Crippen LogP contribution is -2.51. The van der Waals surface area contributed by atoms with Crippen molar-refractivity contribution in [2.24, 2.45) is 0 Å². The van der Waals surface area contributed by atoms with E-state index in [1.165, 1.54) is 12.8 Å². The van der Waals surface area contributed by atoms with Crippen LogP contribution in [-0.4, -0.2) is 59.9 Å². The lowest BCUT2D eigenvalue weighted by atomic mass is 10.1. The summed E-state index contributed by atoms with van der Waals surface area (Å²) in [6.07, 6.45) is 5.54. The Hall–Kier alpha value is -1.14. The number of carbonyl (C=O) groups excluding carboxylic acids is 1. The van der Waals surface area contributed by atoms with Crippen molar-refractivity contribution in [3.05, 3.63) is 0 Å². The molecule has 0 spiro atoms. The number of hydrogen-bond acceptors (Lipinski definition) is 4. The largest absolute Gasteiger partial charge is 0.479 e. The first-order valence-corrected chi connectivity index (χ1v) is 7.86. The van der Waals surface area contributed by atoms with E-state index in [0.29, 0.717) is 6.54 Å². The number of aliphatic carboxylic acids is 1. The van der Waals surface area contributed by atoms with Gasteiger partial charge in [0.25, 0.3) is 5.91 Å². The number of rotatable bonds is 4. The summed E-state index contributed by atoms with van der Waals surface area (Å²) in [7, 11) is 0. The number of nitrogens with zero attached hydrogens (tertiary/aromatic N) is 1. The first-order chi connectivity index (χ1) is 10.1. The quantitative estimate of drug-likeness (QED) is 0.795. The zero-order valence-corrected chi connectivity index (χ0v) is 12.6. The monoisotopic (exact) mass is 299 g/mol. The van der Waals surface area contributed by atoms with Crippen LogP contribution in [-0.2, 0) is 19.1 Å². The number of morpholine rings is 1. The second kappa shape index (κ2) is 7.75. The maximum Gasteiger partial charge on any atom is 0.334 e. The lowest BCUT2D eigenvalue weighted by Gasteiger charge is -2.33. The first kappa shape index (κ1) is 16.2. The van der Waals surface area contributed by atoms with Gasteiger partial charge in [-0.05, 0) is 19.8 Å². The summed E-state index contributed by atoms with van der Waals surface area (Å²) in [5, 5.41) is 8.97. The van der Waals surface area contributed by atoms with E-state index in [0.717, 1.165) is 25.7 Å². The average Bonchev–Trinajstić information content (AvgIpc) is 2.75. The van der Waals surface area contributed by atoms with Crippen molar-refractivity contribution in [3.63, 3.8) is 0 Å². The molecule has 0 radical (unpaired) electrons. The van der Waals surface area contributed by atoms with Gasteiger partial charge in [0.05, 0.1) is 19.3 Å². The zero-order valence-electron chi connectivity index (χ0n) is 12.6. The standard InChI is InChI=1S/C15H25NO5/c1-11(21-12-6-4-2-3-5-7-12)14(17)16-8-9-20-13(10-16)15(18)19/h11-13H,2-10H2,1H3,(H,18,19)/t11-,13+/m0/s1. The number of ether oxygens (including phenoxy) is 2. The molecular weight excluding hydrogens is 274 g/mol. The first-order valence-electron chi connectivity index (χ1n) is 7.86. The van der Waals surface area contributed by atoms with E-state index in [1.807, 2.05) is 0 Å². The highest BCUT2D eigenvalue weighted by atomic mass is 16.5. The highest BCUT2D eigenvalue weighted by molar-refractivity contribution is 5.82. The Kier molecular flexibility index (Phi) is 5.99. The van der Waals surface area contributed by atoms with Gasteiger partial charge in [-0.25, -0.2) is 4.79 Å². The van der Waals surface area contributed by atoms with Gasteiger partial charge in [-0.3, -0.25) is 4.79 Å². The van der Waals surface area contributed by atoms with Crippen LogP contribution < -0.4 is 0 Å². The molecule has 0 aromatic carbocycles. The SMILES string of the molecule is C[C@H](OC1CCCCCC1)C(=O)N1CCO[C@@H](C(=O)O)C1. The van der Waals surface area contributed by atoms with Crippen LogP contribution in [0, 0.1) is 0 Å². The third kappa shape index (κ3) is 4.68. The molecule has 0 bridgehead atoms. The Morgan fingerprint density at radius 2 is 1.90 bits per heavy atom. The summed E-state index contributed by atoms with van der Waals surface area (Å²) in [6, 6.07) is 0. The molecule has 2 atom stereocenters. The van der Waals surface area contributed by atoms with E-state index in [2.05, 4.69) is 0 Å². The topological polar surface area (TPSA) is 76.1 Å². The van der Waals surface area contributed by atoms with Gasteiger partial charge >= 0.3 is 5.97 Å². The summed E-state index contributed by atoms with van der Waals surface area (Å²) in [4.78, 5) is 24.9. The van der Waals surface area contributed by atoms with Gasteiger partial charge in [-0.15, -0.1) is 0 Å². The minimum Gasteiger partial charge on any atom is -0.479 e. The number of carboxylic acids is 1. The zero-order chi connectivity index (χ0) is 15.2. The van der Waals surface area contributed by atoms with Crippen LogP contribution in [0.15, 0.2) is 0 Å². The van der Waals surface area contributed by atoms with E-state index in [-0.39, 0.29) is 25.2 Å². The summed E-state index contributed by atoms with van der Waals surface area (Å²) < 4.78 is 11.0. The smallest absolute Gasteiger partial charge is 0.334 e. The van der Waals surface area contributed by atoms with Crippen molar-refractivity contribution >= 4 is 11.9 Å². The molecule has 1 N–H and O–H groups in total. The Morgan fingerprint density at radius 1 is 1.24 bits per heavy atom. The van der Waals surface area contributed by atoms with Crippen LogP contribution in [0.25, 0.3) is 0 Å². The van der Waals surface area contributed by atoms with Crippen LogP contribution in [0.3, 0.4) is 0 Å². The van der Waals surface area contributed by atoms with Gasteiger partial charge in [0, 0.05) is 6.54 Å². The van der Waals surface area contributed by atoms with Gasteiger partial charge in [0.2, 0.25) is 0 Å². The molecule has 2 aliphatic rings. The molecule has 1 heterocycles. The minimum atomic E-state index is -1.02. The molecule has 6 nitrogen and oxygen atoms in total. The predicted molar refractivity (Wildman–Crippen MR) is 76.0 cm³/mol. The van der Waals surface area contributed by atoms with Crippen molar-refractivity contribution in [2.75, 3.05) is 19.7 Å². The molecule has 1 saturated carbocycles. The summed E-state index contributed by atoms with van der Waals surface area (Å²) >= 11 is 0. The molecule has 2 rings (SSSR count). The average molecular weight is 299 g/mol. The highest BCUT2D eigenvalue weighted by Crippen LogP contribution is 2.21. The second-order valence-electron chi connectivity index (χ2n) is 5.87. The molecule has 6 heteroatoms. The van der Waals surface area contributed by atoms with Crippen molar-refractivity contribution in [1.82, 2.24) is 4.90 Å². The van der Waals surface area contributed by atoms with E-state index >= 15 is 0 Å². The molecule has 1 aliphatic heterocycles. The Labute approximate surface area is 125 Å². The van der Waals surface area contributed by atoms with Crippen LogP contribution in [0.2, 0.25) is 0 Å². The molecule has 2 fully saturated rings. The fourth-order valence-corrected chi connectivity index (χ4v) is 2.98. The molecule has 0 aromatic rings. The second-order valence-corrected chi connectivity index (χ2v) is 5.87. The van der Waals surface area contributed by atoms with Crippen molar-refractivity contribution < 1.29 is 24.2 Å². The molecule has 1 saturated heterocycles. The summed E-state index contributed by atoms with van der Waals surface area (Å²) in [5.41, 5.74) is 0. The number of amides is 1. The number of carboxylic acid groups (broad SMARTS) is 1. The lowest BCUT2D eigenvalue weighted by molar-refractivity contribution is -0.164. The normalized spacial score (nSPS) is 26.1. The molecule has 0 aromatic heterocycles. The van der Waals surface area contributed by atoms with E-state index in [4.69, 9.17) is 14.6 Å². The Balaban J connectivity index is 1.84. The van der Waals surface area contributed by atoms with Crippen LogP contribution in [0.5, 0.6) is 0 Å². The van der Waals surface area contributed by atoms with Gasteiger partial charge in [0.15, 0.2) is 6.10 Å². The van der Waals surface area contributed by atoms with Crippen molar-refractivity contribution in [1.29, 1.82) is 0 Å². The Morgan fingerprint density at radius 3 is 2.52 bits per heavy atom. The van der Waals surface area contributed by atoms with Crippen molar-refractivity contribution in [3.8, 4) is 0 Å². The predicted octanol–water partition coefficient (Wildman–Crippen LogP) is 1.43. The fraction of sp³-hybridized carbons (Fsp3) is 0.867. The minimum absolute atomic E-state index is 0.104. The Bertz CT molecular complexity index is 365. The maximum atomic E-state index is 12.4. The van der Waals surface area contributed by atoms with Crippen molar-refractivity contribution in [2.45, 2.75) is 63.8 Å². The van der Waals surface area contributed by atoms with E-state index in [9.17, 15) is 9.59 Å². The maximum absolute atomic E-state index is 12.4. The fourth-order valence-electron chi connectivity index (χ4n) is 2.98. The summed E-state index contributed by atoms with van der Waals surface area (Å²) in [6.45, 7) is 2.56. The molecule has 1 amide bonds. The van der Waals surface area contributed by atoms with Gasteiger partial charge in [-0.1, -0.05) is 25.7 Å². The van der Waals surface area contributed by atoms with Crippen LogP contribution in [0.1, 0.15) is 45.4 Å². The number of carbonyl (C=O) groups is 2. The third-order valence-electron chi connectivity index (χ3n) is 4.20. The van der Waals surface area contributed by atoms with Gasteiger partial charge in [0.1, 0.15) is 6.10 Å². The van der Waals surface area contributed by atoms with Gasteiger partial charge < -0.3 is 19.5 Å². The highest BCUT2D eigenvalue weighted by Gasteiger charge is 2.32.